The second-order valence-corrected chi connectivity index (χ2v) is 6.67. The molecular formula is C14H16Br2N4O. The van der Waals surface area contributed by atoms with E-state index >= 15 is 0 Å². The van der Waals surface area contributed by atoms with Crippen LogP contribution in [0.5, 0.6) is 5.75 Å². The Morgan fingerprint density at radius 2 is 2.10 bits per heavy atom. The quantitative estimate of drug-likeness (QED) is 0.825. The third-order valence-electron chi connectivity index (χ3n) is 3.61. The van der Waals surface area contributed by atoms with Crippen LogP contribution in [0.4, 0.5) is 5.69 Å². The van der Waals surface area contributed by atoms with Crippen LogP contribution in [0, 0.1) is 0 Å². The molecule has 7 heteroatoms. The fourth-order valence-electron chi connectivity index (χ4n) is 2.49. The number of anilines is 1. The van der Waals surface area contributed by atoms with Crippen molar-refractivity contribution in [2.24, 2.45) is 0 Å². The minimum Gasteiger partial charge on any atom is -0.495 e. The average Bonchev–Trinajstić information content (AvgIpc) is 2.90. The molecule has 0 atom stereocenters. The molecule has 1 aliphatic rings. The summed E-state index contributed by atoms with van der Waals surface area (Å²) in [5.74, 6) is 2.88. The molecule has 3 rings (SSSR count). The Hall–Kier alpha value is -1.08. The van der Waals surface area contributed by atoms with Crippen LogP contribution in [0.3, 0.4) is 0 Å². The van der Waals surface area contributed by atoms with Gasteiger partial charge in [-0.3, -0.25) is 0 Å². The van der Waals surface area contributed by atoms with E-state index in [1.54, 1.807) is 7.11 Å². The molecule has 0 saturated carbocycles. The molecular weight excluding hydrogens is 400 g/mol. The first kappa shape index (κ1) is 14.8. The van der Waals surface area contributed by atoms with Gasteiger partial charge in [0.1, 0.15) is 11.6 Å². The summed E-state index contributed by atoms with van der Waals surface area (Å²) >= 11 is 7.03. The zero-order valence-corrected chi connectivity index (χ0v) is 14.9. The van der Waals surface area contributed by atoms with E-state index in [4.69, 9.17) is 4.74 Å². The summed E-state index contributed by atoms with van der Waals surface area (Å²) in [6.07, 6.45) is 3.44. The van der Waals surface area contributed by atoms with Crippen molar-refractivity contribution in [2.75, 3.05) is 12.4 Å². The maximum atomic E-state index is 5.33. The molecule has 1 N–H and O–H groups in total. The Bertz CT molecular complexity index is 657. The SMILES string of the molecule is COc1cc(NCc2nnc3n2CCCC3)c(Br)cc1Br. The zero-order chi connectivity index (χ0) is 14.8. The van der Waals surface area contributed by atoms with Crippen LogP contribution in [-0.4, -0.2) is 21.9 Å². The van der Waals surface area contributed by atoms with Crippen molar-refractivity contribution >= 4 is 37.5 Å². The summed E-state index contributed by atoms with van der Waals surface area (Å²) in [6.45, 7) is 1.67. The fraction of sp³-hybridized carbons (Fsp3) is 0.429. The molecule has 2 heterocycles. The highest BCUT2D eigenvalue weighted by atomic mass is 79.9. The molecule has 0 spiro atoms. The van der Waals surface area contributed by atoms with E-state index in [1.807, 2.05) is 12.1 Å². The van der Waals surface area contributed by atoms with Gasteiger partial charge in [0.05, 0.1) is 23.8 Å². The van der Waals surface area contributed by atoms with Crippen LogP contribution < -0.4 is 10.1 Å². The van der Waals surface area contributed by atoms with Crippen LogP contribution in [0.1, 0.15) is 24.5 Å². The number of nitrogens with one attached hydrogen (secondary N) is 1. The minimum atomic E-state index is 0.649. The molecule has 0 bridgehead atoms. The van der Waals surface area contributed by atoms with Crippen LogP contribution >= 0.6 is 31.9 Å². The summed E-state index contributed by atoms with van der Waals surface area (Å²) in [4.78, 5) is 0. The highest BCUT2D eigenvalue weighted by molar-refractivity contribution is 9.11. The number of benzene rings is 1. The maximum absolute atomic E-state index is 5.33. The first-order chi connectivity index (χ1) is 10.2. The van der Waals surface area contributed by atoms with Crippen LogP contribution in [0.25, 0.3) is 0 Å². The first-order valence-corrected chi connectivity index (χ1v) is 8.45. The van der Waals surface area contributed by atoms with Gasteiger partial charge in [-0.15, -0.1) is 10.2 Å². The molecule has 0 saturated heterocycles. The number of methoxy groups -OCH3 is 1. The largest absolute Gasteiger partial charge is 0.495 e. The fourth-order valence-corrected chi connectivity index (χ4v) is 3.79. The topological polar surface area (TPSA) is 52.0 Å². The van der Waals surface area contributed by atoms with Crippen molar-refractivity contribution in [3.63, 3.8) is 0 Å². The van der Waals surface area contributed by atoms with E-state index in [9.17, 15) is 0 Å². The lowest BCUT2D eigenvalue weighted by molar-refractivity contribution is 0.412. The Morgan fingerprint density at radius 1 is 1.24 bits per heavy atom. The van der Waals surface area contributed by atoms with Crippen LogP contribution in [0.2, 0.25) is 0 Å². The van der Waals surface area contributed by atoms with Gasteiger partial charge < -0.3 is 14.6 Å². The number of fused-ring (bicyclic) bond motifs is 1. The molecule has 2 aromatic rings. The number of hydrogen-bond acceptors (Lipinski definition) is 4. The lowest BCUT2D eigenvalue weighted by atomic mass is 10.2. The number of rotatable bonds is 4. The van der Waals surface area contributed by atoms with Crippen molar-refractivity contribution in [2.45, 2.75) is 32.4 Å². The van der Waals surface area contributed by atoms with Gasteiger partial charge in [0.25, 0.3) is 0 Å². The molecule has 0 aliphatic carbocycles. The average molecular weight is 416 g/mol. The van der Waals surface area contributed by atoms with Crippen molar-refractivity contribution in [1.29, 1.82) is 0 Å². The highest BCUT2D eigenvalue weighted by Crippen LogP contribution is 2.34. The van der Waals surface area contributed by atoms with E-state index in [2.05, 4.69) is 51.9 Å². The zero-order valence-electron chi connectivity index (χ0n) is 11.7. The summed E-state index contributed by atoms with van der Waals surface area (Å²) in [5.41, 5.74) is 0.975. The smallest absolute Gasteiger partial charge is 0.152 e. The lowest BCUT2D eigenvalue weighted by Gasteiger charge is -2.16. The monoisotopic (exact) mass is 414 g/mol. The molecule has 0 radical (unpaired) electrons. The molecule has 0 unspecified atom stereocenters. The molecule has 1 aliphatic heterocycles. The summed E-state index contributed by atoms with van der Waals surface area (Å²) in [5, 5.41) is 12.0. The minimum absolute atomic E-state index is 0.649. The van der Waals surface area contributed by atoms with Gasteiger partial charge in [-0.2, -0.15) is 0 Å². The number of halogens is 2. The van der Waals surface area contributed by atoms with E-state index < -0.39 is 0 Å². The molecule has 1 aromatic carbocycles. The maximum Gasteiger partial charge on any atom is 0.152 e. The molecule has 0 fully saturated rings. The van der Waals surface area contributed by atoms with E-state index in [1.165, 1.54) is 12.8 Å². The number of hydrogen-bond donors (Lipinski definition) is 1. The van der Waals surface area contributed by atoms with Crippen LogP contribution in [-0.2, 0) is 19.5 Å². The van der Waals surface area contributed by atoms with Crippen molar-refractivity contribution < 1.29 is 4.74 Å². The van der Waals surface area contributed by atoms with Crippen molar-refractivity contribution in [1.82, 2.24) is 14.8 Å². The Labute approximate surface area is 140 Å². The van der Waals surface area contributed by atoms with Gasteiger partial charge in [-0.25, -0.2) is 0 Å². The van der Waals surface area contributed by atoms with Gasteiger partial charge in [0, 0.05) is 23.5 Å². The van der Waals surface area contributed by atoms with Gasteiger partial charge >= 0.3 is 0 Å². The summed E-state index contributed by atoms with van der Waals surface area (Å²) in [7, 11) is 1.66. The van der Waals surface area contributed by atoms with Crippen molar-refractivity contribution in [3.8, 4) is 5.75 Å². The van der Waals surface area contributed by atoms with Gasteiger partial charge in [0.2, 0.25) is 0 Å². The van der Waals surface area contributed by atoms with Gasteiger partial charge in [-0.05, 0) is 50.8 Å². The molecule has 5 nitrogen and oxygen atoms in total. The summed E-state index contributed by atoms with van der Waals surface area (Å²) in [6, 6.07) is 3.93. The van der Waals surface area contributed by atoms with E-state index in [0.717, 1.165) is 45.0 Å². The Kier molecular flexibility index (Phi) is 4.49. The first-order valence-electron chi connectivity index (χ1n) is 6.87. The number of aromatic nitrogens is 3. The molecule has 112 valence electrons. The predicted octanol–water partition coefficient (Wildman–Crippen LogP) is 3.76. The molecule has 21 heavy (non-hydrogen) atoms. The van der Waals surface area contributed by atoms with Crippen LogP contribution in [0.15, 0.2) is 21.1 Å². The normalized spacial score (nSPS) is 13.9. The lowest BCUT2D eigenvalue weighted by Crippen LogP contribution is -2.15. The van der Waals surface area contributed by atoms with E-state index in [0.29, 0.717) is 6.54 Å². The molecule has 1 aromatic heterocycles. The second kappa shape index (κ2) is 6.36. The number of ether oxygens (including phenoxy) is 1. The standard InChI is InChI=1S/C14H16Br2N4O/c1-21-12-7-11(9(15)6-10(12)16)17-8-14-19-18-13-4-2-3-5-20(13)14/h6-7,17H,2-5,8H2,1H3. The van der Waals surface area contributed by atoms with Crippen molar-refractivity contribution in [3.05, 3.63) is 32.7 Å². The molecule has 0 amide bonds. The predicted molar refractivity (Wildman–Crippen MR) is 88.7 cm³/mol. The second-order valence-electron chi connectivity index (χ2n) is 4.96. The number of aryl methyl sites for hydroxylation is 1. The number of nitrogens with zero attached hydrogens (tertiary/aromatic N) is 3. The summed E-state index contributed by atoms with van der Waals surface area (Å²) < 4.78 is 9.45. The third-order valence-corrected chi connectivity index (χ3v) is 4.89. The highest BCUT2D eigenvalue weighted by Gasteiger charge is 2.16. The van der Waals surface area contributed by atoms with Gasteiger partial charge in [-0.1, -0.05) is 0 Å². The van der Waals surface area contributed by atoms with E-state index in [-0.39, 0.29) is 0 Å². The Balaban J connectivity index is 1.77. The van der Waals surface area contributed by atoms with Gasteiger partial charge in [0.15, 0.2) is 5.82 Å². The Morgan fingerprint density at radius 3 is 2.90 bits per heavy atom. The third kappa shape index (κ3) is 3.08.